The highest BCUT2D eigenvalue weighted by Crippen LogP contribution is 2.45. The van der Waals surface area contributed by atoms with Crippen LogP contribution < -0.4 is 0 Å². The summed E-state index contributed by atoms with van der Waals surface area (Å²) in [6.45, 7) is 0. The van der Waals surface area contributed by atoms with Crippen molar-refractivity contribution in [2.45, 2.75) is 6.42 Å². The molecule has 10 rings (SSSR count). The second-order valence-electron chi connectivity index (χ2n) is 10.9. The summed E-state index contributed by atoms with van der Waals surface area (Å²) < 4.78 is 4.60. The third-order valence-corrected chi connectivity index (χ3v) is 8.83. The highest BCUT2D eigenvalue weighted by molar-refractivity contribution is 6.29. The van der Waals surface area contributed by atoms with Crippen molar-refractivity contribution >= 4 is 60.3 Å². The lowest BCUT2D eigenvalue weighted by atomic mass is 9.99. The fourth-order valence-corrected chi connectivity index (χ4v) is 7.15. The van der Waals surface area contributed by atoms with E-state index in [1.807, 2.05) is 30.7 Å². The lowest BCUT2D eigenvalue weighted by Gasteiger charge is -2.11. The topological polar surface area (TPSA) is 48.0 Å². The summed E-state index contributed by atoms with van der Waals surface area (Å²) in [5, 5.41) is 5.93. The Balaban J connectivity index is 1.48. The predicted molar refractivity (Wildman–Crippen MR) is 166 cm³/mol. The van der Waals surface area contributed by atoms with Gasteiger partial charge in [0.1, 0.15) is 11.2 Å². The molecule has 0 bridgehead atoms. The molecular weight excluding hydrogens is 502 g/mol. The van der Waals surface area contributed by atoms with Crippen LogP contribution in [0.25, 0.3) is 77.1 Å². The molecule has 41 heavy (non-hydrogen) atoms. The molecule has 4 aromatic carbocycles. The lowest BCUT2D eigenvalue weighted by molar-refractivity contribution is 1.18. The van der Waals surface area contributed by atoms with E-state index in [-0.39, 0.29) is 0 Å². The molecule has 1 aliphatic carbocycles. The van der Waals surface area contributed by atoms with Crippen LogP contribution >= 0.6 is 0 Å². The van der Waals surface area contributed by atoms with Gasteiger partial charge in [0.25, 0.3) is 0 Å². The number of aromatic nitrogens is 5. The molecule has 0 amide bonds. The molecule has 0 saturated heterocycles. The van der Waals surface area contributed by atoms with Crippen molar-refractivity contribution in [2.24, 2.45) is 0 Å². The Kier molecular flexibility index (Phi) is 3.92. The molecule has 0 N–H and O–H groups in total. The summed E-state index contributed by atoms with van der Waals surface area (Å²) in [6.07, 6.45) is 6.60. The maximum absolute atomic E-state index is 5.20. The summed E-state index contributed by atoms with van der Waals surface area (Å²) in [4.78, 5) is 14.5. The monoisotopic (exact) mass is 523 g/mol. The fraction of sp³-hybridized carbons (Fsp3) is 0.0278. The molecular formula is C36H21N5. The Morgan fingerprint density at radius 3 is 2.44 bits per heavy atom. The van der Waals surface area contributed by atoms with Gasteiger partial charge in [-0.3, -0.25) is 9.38 Å². The molecule has 5 heterocycles. The molecule has 9 aromatic rings. The number of imidazole rings is 1. The standard InChI is InChI=1S/C36H21N5/c1-2-8-23(9-3-1)40-30-13-12-26-25-14-16-37-20-32(25)41-35-29(11-6-15-38-35)39-36(41)34(26)33(30)28-18-22-17-21-7-4-5-10-24(21)27(22)19-31(28)40/h1-16,18-20H,17H2. The van der Waals surface area contributed by atoms with Gasteiger partial charge in [-0.2, -0.15) is 0 Å². The van der Waals surface area contributed by atoms with E-state index in [4.69, 9.17) is 9.97 Å². The van der Waals surface area contributed by atoms with Crippen molar-refractivity contribution < 1.29 is 0 Å². The Hall–Kier alpha value is -5.55. The van der Waals surface area contributed by atoms with Gasteiger partial charge in [-0.05, 0) is 82.6 Å². The van der Waals surface area contributed by atoms with E-state index >= 15 is 0 Å². The second kappa shape index (κ2) is 7.55. The largest absolute Gasteiger partial charge is 0.309 e. The molecule has 5 heteroatoms. The van der Waals surface area contributed by atoms with Gasteiger partial charge in [0.2, 0.25) is 0 Å². The van der Waals surface area contributed by atoms with Gasteiger partial charge in [0.05, 0.1) is 22.7 Å². The zero-order chi connectivity index (χ0) is 26.7. The average Bonchev–Trinajstić information content (AvgIpc) is 3.69. The minimum absolute atomic E-state index is 0.850. The lowest BCUT2D eigenvalue weighted by Crippen LogP contribution is -1.95. The van der Waals surface area contributed by atoms with Gasteiger partial charge >= 0.3 is 0 Å². The van der Waals surface area contributed by atoms with E-state index in [0.29, 0.717) is 0 Å². The second-order valence-corrected chi connectivity index (χ2v) is 10.9. The Morgan fingerprint density at radius 1 is 0.585 bits per heavy atom. The molecule has 0 aliphatic heterocycles. The van der Waals surface area contributed by atoms with E-state index in [2.05, 4.69) is 98.9 Å². The first-order valence-electron chi connectivity index (χ1n) is 13.9. The molecule has 0 saturated carbocycles. The summed E-state index contributed by atoms with van der Waals surface area (Å²) in [5.74, 6) is 0. The first-order chi connectivity index (χ1) is 20.3. The normalized spacial score (nSPS) is 12.8. The molecule has 5 nitrogen and oxygen atoms in total. The molecule has 0 spiro atoms. The summed E-state index contributed by atoms with van der Waals surface area (Å²) in [5.41, 5.74) is 12.6. The smallest absolute Gasteiger partial charge is 0.165 e. The maximum Gasteiger partial charge on any atom is 0.165 e. The summed E-state index contributed by atoms with van der Waals surface area (Å²) in [7, 11) is 0. The molecule has 0 fully saturated rings. The van der Waals surface area contributed by atoms with Crippen LogP contribution in [0.3, 0.4) is 0 Å². The molecule has 1 aliphatic rings. The Bertz CT molecular complexity index is 2550. The van der Waals surface area contributed by atoms with Crippen molar-refractivity contribution in [3.05, 3.63) is 127 Å². The first kappa shape index (κ1) is 21.3. The number of hydrogen-bond acceptors (Lipinski definition) is 3. The number of benzene rings is 4. The van der Waals surface area contributed by atoms with Gasteiger partial charge in [0, 0.05) is 39.6 Å². The van der Waals surface area contributed by atoms with Crippen LogP contribution in [0.2, 0.25) is 0 Å². The molecule has 5 aromatic heterocycles. The van der Waals surface area contributed by atoms with Gasteiger partial charge in [-0.25, -0.2) is 9.97 Å². The summed E-state index contributed by atoms with van der Waals surface area (Å²) in [6, 6.07) is 35.0. The predicted octanol–water partition coefficient (Wildman–Crippen LogP) is 8.25. The fourth-order valence-electron chi connectivity index (χ4n) is 7.15. The number of fused-ring (bicyclic) bond motifs is 15. The van der Waals surface area contributed by atoms with E-state index < -0.39 is 0 Å². The number of para-hydroxylation sites is 1. The number of rotatable bonds is 1. The van der Waals surface area contributed by atoms with E-state index in [1.54, 1.807) is 0 Å². The molecule has 0 radical (unpaired) electrons. The highest BCUT2D eigenvalue weighted by atomic mass is 15.1. The number of hydrogen-bond donors (Lipinski definition) is 0. The Morgan fingerprint density at radius 2 is 1.49 bits per heavy atom. The van der Waals surface area contributed by atoms with Crippen LogP contribution in [-0.2, 0) is 6.42 Å². The van der Waals surface area contributed by atoms with Crippen LogP contribution in [0.15, 0.2) is 116 Å². The SMILES string of the molecule is c1ccc(-n2c3cc4c(cc3c3c5c(ccc32)c2ccncc2n2c3ncccc3nc52)Cc2ccccc2-4)cc1. The van der Waals surface area contributed by atoms with Crippen molar-refractivity contribution in [1.82, 2.24) is 23.9 Å². The van der Waals surface area contributed by atoms with Crippen LogP contribution in [0.1, 0.15) is 11.1 Å². The third-order valence-electron chi connectivity index (χ3n) is 8.83. The number of nitrogens with zero attached hydrogens (tertiary/aromatic N) is 5. The van der Waals surface area contributed by atoms with Crippen molar-refractivity contribution in [2.75, 3.05) is 0 Å². The van der Waals surface area contributed by atoms with Crippen molar-refractivity contribution in [1.29, 1.82) is 0 Å². The van der Waals surface area contributed by atoms with Crippen LogP contribution in [0, 0.1) is 0 Å². The van der Waals surface area contributed by atoms with Crippen LogP contribution in [0.4, 0.5) is 0 Å². The van der Waals surface area contributed by atoms with E-state index in [0.717, 1.165) is 45.2 Å². The third kappa shape index (κ3) is 2.68. The van der Waals surface area contributed by atoms with Crippen LogP contribution in [0.5, 0.6) is 0 Å². The van der Waals surface area contributed by atoms with Gasteiger partial charge < -0.3 is 4.57 Å². The van der Waals surface area contributed by atoms with E-state index in [9.17, 15) is 0 Å². The molecule has 0 unspecified atom stereocenters. The highest BCUT2D eigenvalue weighted by Gasteiger charge is 2.25. The van der Waals surface area contributed by atoms with Crippen LogP contribution in [-0.4, -0.2) is 23.9 Å². The minimum atomic E-state index is 0.850. The summed E-state index contributed by atoms with van der Waals surface area (Å²) >= 11 is 0. The number of pyridine rings is 3. The Labute approximate surface area is 234 Å². The van der Waals surface area contributed by atoms with Crippen molar-refractivity contribution in [3.63, 3.8) is 0 Å². The molecule has 190 valence electrons. The maximum atomic E-state index is 5.20. The molecule has 0 atom stereocenters. The van der Waals surface area contributed by atoms with Crippen molar-refractivity contribution in [3.8, 4) is 16.8 Å². The quantitative estimate of drug-likeness (QED) is 0.204. The van der Waals surface area contributed by atoms with Gasteiger partial charge in [-0.15, -0.1) is 0 Å². The minimum Gasteiger partial charge on any atom is -0.309 e. The zero-order valence-corrected chi connectivity index (χ0v) is 21.9. The van der Waals surface area contributed by atoms with Gasteiger partial charge in [-0.1, -0.05) is 48.5 Å². The first-order valence-corrected chi connectivity index (χ1v) is 13.9. The van der Waals surface area contributed by atoms with E-state index in [1.165, 1.54) is 49.4 Å². The average molecular weight is 524 g/mol. The zero-order valence-electron chi connectivity index (χ0n) is 21.9. The van der Waals surface area contributed by atoms with Gasteiger partial charge in [0.15, 0.2) is 5.65 Å².